The van der Waals surface area contributed by atoms with E-state index in [0.29, 0.717) is 0 Å². The minimum absolute atomic E-state index is 0.244. The van der Waals surface area contributed by atoms with Gasteiger partial charge in [-0.1, -0.05) is 59.0 Å². The molecule has 0 radical (unpaired) electrons. The Labute approximate surface area is 120 Å². The summed E-state index contributed by atoms with van der Waals surface area (Å²) in [6.45, 7) is 0. The number of alkyl halides is 1. The van der Waals surface area contributed by atoms with Gasteiger partial charge in [0.15, 0.2) is 9.79 Å². The lowest BCUT2D eigenvalue weighted by Crippen LogP contribution is -2.09. The molecule has 0 atom stereocenters. The number of hydrogen-bond acceptors (Lipinski definition) is 0. The van der Waals surface area contributed by atoms with Gasteiger partial charge in [0, 0.05) is 10.8 Å². The van der Waals surface area contributed by atoms with Gasteiger partial charge >= 0.3 is 0 Å². The average Bonchev–Trinajstić information content (AvgIpc) is 2.42. The zero-order valence-corrected chi connectivity index (χ0v) is 12.7. The van der Waals surface area contributed by atoms with Gasteiger partial charge in [-0.15, -0.1) is 0 Å². The van der Waals surface area contributed by atoms with Crippen LogP contribution >= 0.6 is 22.6 Å². The van der Waals surface area contributed by atoms with E-state index in [9.17, 15) is 0 Å². The highest BCUT2D eigenvalue weighted by Crippen LogP contribution is 2.24. The number of benzene rings is 2. The predicted octanol–water partition coefficient (Wildman–Crippen LogP) is 4.55. The second-order valence-corrected chi connectivity index (χ2v) is 6.97. The van der Waals surface area contributed by atoms with Crippen molar-refractivity contribution in [3.8, 4) is 0 Å². The van der Waals surface area contributed by atoms with Crippen LogP contribution in [0.2, 0.25) is 0 Å². The molecule has 2 aromatic carbocycles. The topological polar surface area (TPSA) is 0 Å². The molecular formula is C15H16IS+. The molecule has 0 spiro atoms. The zero-order chi connectivity index (χ0) is 11.9. The van der Waals surface area contributed by atoms with Crippen molar-refractivity contribution in [2.75, 3.05) is 10.2 Å². The molecule has 0 N–H and O–H groups in total. The lowest BCUT2D eigenvalue weighted by atomic mass is 10.4. The van der Waals surface area contributed by atoms with Crippen molar-refractivity contribution in [3.05, 3.63) is 60.7 Å². The van der Waals surface area contributed by atoms with E-state index in [4.69, 9.17) is 0 Å². The maximum absolute atomic E-state index is 2.46. The highest BCUT2D eigenvalue weighted by atomic mass is 127. The van der Waals surface area contributed by atoms with Crippen LogP contribution in [0.3, 0.4) is 0 Å². The van der Waals surface area contributed by atoms with Gasteiger partial charge in [-0.05, 0) is 24.3 Å². The van der Waals surface area contributed by atoms with E-state index in [1.165, 1.54) is 26.4 Å². The van der Waals surface area contributed by atoms with Gasteiger partial charge in [-0.3, -0.25) is 0 Å². The van der Waals surface area contributed by atoms with Crippen molar-refractivity contribution in [1.29, 1.82) is 0 Å². The van der Waals surface area contributed by atoms with Crippen LogP contribution in [-0.4, -0.2) is 10.2 Å². The summed E-state index contributed by atoms with van der Waals surface area (Å²) in [4.78, 5) is 2.92. The maximum Gasteiger partial charge on any atom is 0.160 e. The molecule has 2 aromatic rings. The van der Waals surface area contributed by atoms with E-state index in [2.05, 4.69) is 83.3 Å². The van der Waals surface area contributed by atoms with Crippen molar-refractivity contribution in [2.45, 2.75) is 16.2 Å². The lowest BCUT2D eigenvalue weighted by molar-refractivity contribution is 1.13. The summed E-state index contributed by atoms with van der Waals surface area (Å²) in [6, 6.07) is 21.8. The second-order valence-electron chi connectivity index (χ2n) is 3.76. The molecule has 0 aliphatic carbocycles. The summed E-state index contributed by atoms with van der Waals surface area (Å²) in [5, 5.41) is 0. The Kier molecular flexibility index (Phi) is 5.39. The van der Waals surface area contributed by atoms with E-state index < -0.39 is 0 Å². The molecule has 2 heteroatoms. The first-order chi connectivity index (χ1) is 8.42. The smallest absolute Gasteiger partial charge is 0.0862 e. The molecular weight excluding hydrogens is 339 g/mol. The van der Waals surface area contributed by atoms with Crippen LogP contribution in [-0.2, 0) is 10.9 Å². The summed E-state index contributed by atoms with van der Waals surface area (Å²) < 4.78 is 1.24. The Hall–Kier alpha value is -0.480. The fraction of sp³-hybridized carbons (Fsp3) is 0.200. The monoisotopic (exact) mass is 355 g/mol. The third-order valence-corrected chi connectivity index (χ3v) is 5.68. The first-order valence-corrected chi connectivity index (χ1v) is 8.70. The largest absolute Gasteiger partial charge is 0.160 e. The molecule has 0 nitrogen and oxygen atoms in total. The van der Waals surface area contributed by atoms with Crippen LogP contribution in [0.1, 0.15) is 6.42 Å². The first-order valence-electron chi connectivity index (χ1n) is 5.79. The Morgan fingerprint density at radius 3 is 1.65 bits per heavy atom. The van der Waals surface area contributed by atoms with Gasteiger partial charge in [0.05, 0.1) is 10.9 Å². The molecule has 0 aromatic heterocycles. The number of hydrogen-bond donors (Lipinski definition) is 0. The molecule has 0 saturated heterocycles. The molecule has 88 valence electrons. The van der Waals surface area contributed by atoms with Gasteiger partial charge in [0.2, 0.25) is 0 Å². The van der Waals surface area contributed by atoms with Crippen molar-refractivity contribution >= 4 is 33.5 Å². The van der Waals surface area contributed by atoms with Crippen LogP contribution in [0.15, 0.2) is 70.5 Å². The Balaban J connectivity index is 2.26. The van der Waals surface area contributed by atoms with Crippen molar-refractivity contribution in [1.82, 2.24) is 0 Å². The predicted molar refractivity (Wildman–Crippen MR) is 85.2 cm³/mol. The van der Waals surface area contributed by atoms with Crippen LogP contribution in [0, 0.1) is 0 Å². The van der Waals surface area contributed by atoms with Gasteiger partial charge in [0.1, 0.15) is 5.75 Å². The maximum atomic E-state index is 2.46. The average molecular weight is 355 g/mol. The Morgan fingerprint density at radius 1 is 0.765 bits per heavy atom. The van der Waals surface area contributed by atoms with E-state index in [1.54, 1.807) is 0 Å². The number of rotatable bonds is 5. The lowest BCUT2D eigenvalue weighted by Gasteiger charge is -2.07. The normalized spacial score (nSPS) is 10.7. The molecule has 17 heavy (non-hydrogen) atoms. The van der Waals surface area contributed by atoms with Gasteiger partial charge < -0.3 is 0 Å². The van der Waals surface area contributed by atoms with Crippen LogP contribution in [0.5, 0.6) is 0 Å². The van der Waals surface area contributed by atoms with Crippen LogP contribution in [0.4, 0.5) is 0 Å². The molecule has 0 fully saturated rings. The molecule has 0 amide bonds. The molecule has 0 saturated carbocycles. The van der Waals surface area contributed by atoms with E-state index in [-0.39, 0.29) is 10.9 Å². The third kappa shape index (κ3) is 3.75. The van der Waals surface area contributed by atoms with Crippen molar-refractivity contribution < 1.29 is 0 Å². The van der Waals surface area contributed by atoms with Gasteiger partial charge in [0.25, 0.3) is 0 Å². The molecule has 0 aliphatic heterocycles. The quantitative estimate of drug-likeness (QED) is 0.419. The third-order valence-electron chi connectivity index (χ3n) is 2.54. The molecule has 0 unspecified atom stereocenters. The van der Waals surface area contributed by atoms with E-state index in [1.807, 2.05) is 0 Å². The Morgan fingerprint density at radius 2 is 1.24 bits per heavy atom. The summed E-state index contributed by atoms with van der Waals surface area (Å²) in [5.74, 6) is 1.26. The summed E-state index contributed by atoms with van der Waals surface area (Å²) in [5.41, 5.74) is 0. The highest BCUT2D eigenvalue weighted by Gasteiger charge is 2.23. The van der Waals surface area contributed by atoms with Crippen LogP contribution in [0.25, 0.3) is 0 Å². The SMILES string of the molecule is ICCC[S+](c1ccccc1)c1ccccc1. The van der Waals surface area contributed by atoms with E-state index >= 15 is 0 Å². The molecule has 2 rings (SSSR count). The molecule has 0 bridgehead atoms. The number of halogens is 1. The zero-order valence-electron chi connectivity index (χ0n) is 9.68. The standard InChI is InChI=1S/C15H16IS/c16-12-7-13-17(14-8-3-1-4-9-14)15-10-5-2-6-11-15/h1-6,8-11H,7,12-13H2/q+1. The Bertz CT molecular complexity index is 388. The highest BCUT2D eigenvalue weighted by molar-refractivity contribution is 14.1. The van der Waals surface area contributed by atoms with Gasteiger partial charge in [-0.25, -0.2) is 0 Å². The molecule has 0 aliphatic rings. The van der Waals surface area contributed by atoms with Crippen molar-refractivity contribution in [3.63, 3.8) is 0 Å². The van der Waals surface area contributed by atoms with Gasteiger partial charge in [-0.2, -0.15) is 0 Å². The van der Waals surface area contributed by atoms with E-state index in [0.717, 1.165) is 0 Å². The summed E-state index contributed by atoms with van der Waals surface area (Å²) in [7, 11) is 0.244. The summed E-state index contributed by atoms with van der Waals surface area (Å²) in [6.07, 6.45) is 1.29. The minimum Gasteiger partial charge on any atom is -0.0862 e. The second kappa shape index (κ2) is 7.07. The summed E-state index contributed by atoms with van der Waals surface area (Å²) >= 11 is 2.46. The van der Waals surface area contributed by atoms with Crippen molar-refractivity contribution in [2.24, 2.45) is 0 Å². The fourth-order valence-electron chi connectivity index (χ4n) is 1.74. The van der Waals surface area contributed by atoms with Crippen LogP contribution < -0.4 is 0 Å². The minimum atomic E-state index is 0.244. The first kappa shape index (κ1) is 13.0. The molecule has 0 heterocycles. The fourth-order valence-corrected chi connectivity index (χ4v) is 4.79.